The standard InChI is InChI=1S/C24H22F2N6O/c1-14-12-32(21-9-23(33)30(4)20-5-6-22(28-3)29-24(20)21)15(2)11-31(14)13-17-18(25)7-16(10-27)8-19(17)26/h5-9,14-15H,11-13H2,1-2,4H3/t14-,15+/m1/s1. The van der Waals surface area contributed by atoms with E-state index in [0.29, 0.717) is 29.8 Å². The highest BCUT2D eigenvalue weighted by molar-refractivity contribution is 5.89. The summed E-state index contributed by atoms with van der Waals surface area (Å²) in [7, 11) is 1.66. The number of rotatable bonds is 3. The van der Waals surface area contributed by atoms with Crippen LogP contribution in [0.15, 0.2) is 35.1 Å². The number of piperazine rings is 1. The molecule has 9 heteroatoms. The summed E-state index contributed by atoms with van der Waals surface area (Å²) in [6.45, 7) is 12.3. The van der Waals surface area contributed by atoms with Gasteiger partial charge in [-0.1, -0.05) is 6.57 Å². The second kappa shape index (κ2) is 8.61. The predicted octanol–water partition coefficient (Wildman–Crippen LogP) is 3.73. The van der Waals surface area contributed by atoms with Crippen molar-refractivity contribution in [1.29, 1.82) is 5.26 Å². The average molecular weight is 448 g/mol. The molecule has 168 valence electrons. The molecule has 1 saturated heterocycles. The first-order chi connectivity index (χ1) is 15.7. The first-order valence-corrected chi connectivity index (χ1v) is 10.5. The van der Waals surface area contributed by atoms with E-state index in [1.165, 1.54) is 10.6 Å². The van der Waals surface area contributed by atoms with Gasteiger partial charge in [0, 0.05) is 50.4 Å². The summed E-state index contributed by atoms with van der Waals surface area (Å²) >= 11 is 0. The van der Waals surface area contributed by atoms with Crippen molar-refractivity contribution in [3.8, 4) is 6.07 Å². The molecule has 1 aromatic carbocycles. The number of fused-ring (bicyclic) bond motifs is 1. The van der Waals surface area contributed by atoms with Crippen molar-refractivity contribution >= 4 is 22.5 Å². The van der Waals surface area contributed by atoms with Crippen LogP contribution in [0.25, 0.3) is 15.9 Å². The van der Waals surface area contributed by atoms with Crippen molar-refractivity contribution in [2.75, 3.05) is 18.0 Å². The Bertz CT molecular complexity index is 1360. The van der Waals surface area contributed by atoms with E-state index in [-0.39, 0.29) is 41.1 Å². The van der Waals surface area contributed by atoms with Gasteiger partial charge in [-0.05, 0) is 38.1 Å². The van der Waals surface area contributed by atoms with E-state index < -0.39 is 11.6 Å². The molecule has 0 radical (unpaired) electrons. The van der Waals surface area contributed by atoms with E-state index in [2.05, 4.69) is 14.7 Å². The van der Waals surface area contributed by atoms with E-state index in [4.69, 9.17) is 11.8 Å². The Morgan fingerprint density at radius 3 is 2.52 bits per heavy atom. The molecule has 0 N–H and O–H groups in total. The van der Waals surface area contributed by atoms with E-state index in [1.54, 1.807) is 25.2 Å². The fraction of sp³-hybridized carbons (Fsp3) is 0.333. The lowest BCUT2D eigenvalue weighted by atomic mass is 10.0. The minimum absolute atomic E-state index is 0.0520. The Morgan fingerprint density at radius 2 is 1.88 bits per heavy atom. The molecule has 7 nitrogen and oxygen atoms in total. The van der Waals surface area contributed by atoms with Crippen LogP contribution in [0.4, 0.5) is 20.3 Å². The average Bonchev–Trinajstić information content (AvgIpc) is 2.80. The summed E-state index contributed by atoms with van der Waals surface area (Å²) in [6.07, 6.45) is 0. The van der Waals surface area contributed by atoms with Crippen molar-refractivity contribution in [2.24, 2.45) is 7.05 Å². The monoisotopic (exact) mass is 448 g/mol. The van der Waals surface area contributed by atoms with E-state index >= 15 is 0 Å². The molecule has 0 bridgehead atoms. The molecule has 3 heterocycles. The van der Waals surface area contributed by atoms with Gasteiger partial charge in [-0.3, -0.25) is 9.69 Å². The third-order valence-corrected chi connectivity index (χ3v) is 6.22. The summed E-state index contributed by atoms with van der Waals surface area (Å²) in [5.74, 6) is -1.22. The molecule has 33 heavy (non-hydrogen) atoms. The second-order valence-electron chi connectivity index (χ2n) is 8.39. The number of hydrogen-bond donors (Lipinski definition) is 0. The molecule has 0 spiro atoms. The van der Waals surface area contributed by atoms with Crippen LogP contribution >= 0.6 is 0 Å². The van der Waals surface area contributed by atoms with Crippen LogP contribution in [-0.4, -0.2) is 39.6 Å². The number of aromatic nitrogens is 2. The Kier molecular flexibility index (Phi) is 5.84. The minimum Gasteiger partial charge on any atom is -0.362 e. The Hall–Kier alpha value is -3.82. The lowest BCUT2D eigenvalue weighted by Gasteiger charge is -2.45. The molecule has 0 aliphatic carbocycles. The Labute approximate surface area is 189 Å². The predicted molar refractivity (Wildman–Crippen MR) is 121 cm³/mol. The Balaban J connectivity index is 1.67. The van der Waals surface area contributed by atoms with Crippen molar-refractivity contribution < 1.29 is 8.78 Å². The van der Waals surface area contributed by atoms with Crippen molar-refractivity contribution in [2.45, 2.75) is 32.5 Å². The first kappa shape index (κ1) is 22.4. The smallest absolute Gasteiger partial charge is 0.270 e. The van der Waals surface area contributed by atoms with Crippen LogP contribution in [0.5, 0.6) is 0 Å². The van der Waals surface area contributed by atoms with Crippen molar-refractivity contribution in [3.05, 3.63) is 74.9 Å². The number of benzene rings is 1. The van der Waals surface area contributed by atoms with E-state index in [9.17, 15) is 13.6 Å². The SMILES string of the molecule is [C-]#[N+]c1ccc2c(n1)c(N1C[C@@H](C)N(Cc3c(F)cc(C#N)cc3F)C[C@@H]1C)cc(=O)n2C. The zero-order chi connectivity index (χ0) is 23.9. The second-order valence-corrected chi connectivity index (χ2v) is 8.39. The van der Waals surface area contributed by atoms with Gasteiger partial charge < -0.3 is 14.3 Å². The van der Waals surface area contributed by atoms with Gasteiger partial charge in [0.2, 0.25) is 5.52 Å². The number of anilines is 1. The third-order valence-electron chi connectivity index (χ3n) is 6.22. The van der Waals surface area contributed by atoms with Gasteiger partial charge in [0.1, 0.15) is 11.6 Å². The normalized spacial score (nSPS) is 18.8. The molecular weight excluding hydrogens is 426 g/mol. The van der Waals surface area contributed by atoms with Crippen molar-refractivity contribution in [3.63, 3.8) is 0 Å². The zero-order valence-electron chi connectivity index (χ0n) is 18.5. The number of aryl methyl sites for hydroxylation is 1. The molecule has 0 amide bonds. The maximum absolute atomic E-state index is 14.4. The molecular formula is C24H22F2N6O. The maximum atomic E-state index is 14.4. The lowest BCUT2D eigenvalue weighted by Crippen LogP contribution is -2.56. The highest BCUT2D eigenvalue weighted by Crippen LogP contribution is 2.31. The molecule has 1 aliphatic heterocycles. The maximum Gasteiger partial charge on any atom is 0.270 e. The van der Waals surface area contributed by atoms with Crippen LogP contribution in [0.1, 0.15) is 25.0 Å². The largest absolute Gasteiger partial charge is 0.362 e. The number of hydrogen-bond acceptors (Lipinski definition) is 5. The van der Waals surface area contributed by atoms with Gasteiger partial charge in [-0.25, -0.2) is 8.78 Å². The van der Waals surface area contributed by atoms with Gasteiger partial charge in [0.05, 0.1) is 22.8 Å². The highest BCUT2D eigenvalue weighted by atomic mass is 19.1. The minimum atomic E-state index is -0.734. The van der Waals surface area contributed by atoms with Gasteiger partial charge in [0.15, 0.2) is 0 Å². The molecule has 1 aliphatic rings. The summed E-state index contributed by atoms with van der Waals surface area (Å²) in [5, 5.41) is 8.91. The Morgan fingerprint density at radius 1 is 1.18 bits per heavy atom. The molecule has 0 unspecified atom stereocenters. The summed E-state index contributed by atoms with van der Waals surface area (Å²) in [4.78, 5) is 24.5. The topological polar surface area (TPSA) is 69.5 Å². The molecule has 4 rings (SSSR count). The van der Waals surface area contributed by atoms with Crippen molar-refractivity contribution in [1.82, 2.24) is 14.5 Å². The van der Waals surface area contributed by atoms with Crippen LogP contribution in [0.3, 0.4) is 0 Å². The van der Waals surface area contributed by atoms with Crippen LogP contribution < -0.4 is 10.5 Å². The lowest BCUT2D eigenvalue weighted by molar-refractivity contribution is 0.154. The van der Waals surface area contributed by atoms with Gasteiger partial charge in [-0.15, -0.1) is 4.98 Å². The van der Waals surface area contributed by atoms with Gasteiger partial charge >= 0.3 is 0 Å². The fourth-order valence-corrected chi connectivity index (χ4v) is 4.36. The number of nitrogens with zero attached hydrogens (tertiary/aromatic N) is 6. The zero-order valence-corrected chi connectivity index (χ0v) is 18.5. The number of pyridine rings is 2. The summed E-state index contributed by atoms with van der Waals surface area (Å²) in [5.41, 5.74) is 1.55. The molecule has 2 atom stereocenters. The molecule has 2 aromatic heterocycles. The van der Waals surface area contributed by atoms with E-state index in [1.807, 2.05) is 18.7 Å². The number of nitriles is 1. The molecule has 3 aromatic rings. The van der Waals surface area contributed by atoms with Crippen LogP contribution in [-0.2, 0) is 13.6 Å². The highest BCUT2D eigenvalue weighted by Gasteiger charge is 2.32. The van der Waals surface area contributed by atoms with Gasteiger partial charge in [-0.2, -0.15) is 5.26 Å². The molecule has 0 saturated carbocycles. The quantitative estimate of drug-likeness (QED) is 0.571. The number of halogens is 2. The summed E-state index contributed by atoms with van der Waals surface area (Å²) in [6, 6.07) is 8.53. The van der Waals surface area contributed by atoms with E-state index in [0.717, 1.165) is 12.1 Å². The van der Waals surface area contributed by atoms with Crippen LogP contribution in [0, 0.1) is 29.5 Å². The fourth-order valence-electron chi connectivity index (χ4n) is 4.36. The van der Waals surface area contributed by atoms with Crippen LogP contribution in [0.2, 0.25) is 0 Å². The summed E-state index contributed by atoms with van der Waals surface area (Å²) < 4.78 is 30.4. The van der Waals surface area contributed by atoms with Gasteiger partial charge in [0.25, 0.3) is 11.4 Å². The molecule has 1 fully saturated rings. The third kappa shape index (κ3) is 4.04. The first-order valence-electron chi connectivity index (χ1n) is 10.5.